The summed E-state index contributed by atoms with van der Waals surface area (Å²) in [4.78, 5) is 14.6. The minimum Gasteiger partial charge on any atom is -0.394 e. The van der Waals surface area contributed by atoms with Crippen LogP contribution in [0.25, 0.3) is 0 Å². The lowest BCUT2D eigenvalue weighted by molar-refractivity contribution is -0.135. The molecule has 1 spiro atoms. The van der Waals surface area contributed by atoms with E-state index in [0.29, 0.717) is 17.2 Å². The van der Waals surface area contributed by atoms with Crippen molar-refractivity contribution in [1.29, 1.82) is 0 Å². The average Bonchev–Trinajstić information content (AvgIpc) is 2.93. The Bertz CT molecular complexity index is 339. The first-order chi connectivity index (χ1) is 8.68. The average molecular weight is 252 g/mol. The molecule has 0 aromatic heterocycles. The molecular weight excluding hydrogens is 228 g/mol. The van der Waals surface area contributed by atoms with Crippen LogP contribution in [-0.4, -0.2) is 48.2 Å². The number of hydrogen-bond donors (Lipinski definition) is 2. The first kappa shape index (κ1) is 12.4. The van der Waals surface area contributed by atoms with E-state index in [1.54, 1.807) is 0 Å². The second-order valence-corrected chi connectivity index (χ2v) is 6.42. The van der Waals surface area contributed by atoms with Gasteiger partial charge in [0.2, 0.25) is 5.91 Å². The Labute approximate surface area is 109 Å². The Morgan fingerprint density at radius 3 is 2.83 bits per heavy atom. The highest BCUT2D eigenvalue weighted by Gasteiger charge is 2.59. The standard InChI is InChI=1S/C14H24N2O2/c1-10-2-7-16(12(10)9-17)13(18)11-8-14(11)3-5-15-6-4-14/h10-12,15,17H,2-9H2,1H3. The number of aliphatic hydroxyl groups excluding tert-OH is 1. The van der Waals surface area contributed by atoms with Crippen molar-refractivity contribution in [3.8, 4) is 0 Å². The van der Waals surface area contributed by atoms with E-state index in [2.05, 4.69) is 12.2 Å². The summed E-state index contributed by atoms with van der Waals surface area (Å²) in [5, 5.41) is 12.8. The smallest absolute Gasteiger partial charge is 0.226 e. The van der Waals surface area contributed by atoms with E-state index >= 15 is 0 Å². The van der Waals surface area contributed by atoms with Crippen LogP contribution in [0.4, 0.5) is 0 Å². The number of hydrogen-bond acceptors (Lipinski definition) is 3. The zero-order chi connectivity index (χ0) is 12.8. The summed E-state index contributed by atoms with van der Waals surface area (Å²) in [6.07, 6.45) is 4.42. The predicted molar refractivity (Wildman–Crippen MR) is 69.0 cm³/mol. The monoisotopic (exact) mass is 252 g/mol. The number of nitrogens with zero attached hydrogens (tertiary/aromatic N) is 1. The number of carbonyl (C=O) groups is 1. The largest absolute Gasteiger partial charge is 0.394 e. The summed E-state index contributed by atoms with van der Waals surface area (Å²) >= 11 is 0. The van der Waals surface area contributed by atoms with Gasteiger partial charge in [-0.1, -0.05) is 6.92 Å². The first-order valence-electron chi connectivity index (χ1n) is 7.30. The van der Waals surface area contributed by atoms with E-state index in [0.717, 1.165) is 45.3 Å². The number of rotatable bonds is 2. The van der Waals surface area contributed by atoms with Crippen molar-refractivity contribution < 1.29 is 9.90 Å². The van der Waals surface area contributed by atoms with Crippen molar-refractivity contribution >= 4 is 5.91 Å². The summed E-state index contributed by atoms with van der Waals surface area (Å²) in [5.41, 5.74) is 0.314. The molecule has 3 unspecified atom stereocenters. The Balaban J connectivity index is 1.66. The van der Waals surface area contributed by atoms with E-state index in [-0.39, 0.29) is 18.6 Å². The molecule has 0 aromatic rings. The molecule has 4 heteroatoms. The van der Waals surface area contributed by atoms with Crippen LogP contribution in [0.1, 0.15) is 32.6 Å². The zero-order valence-corrected chi connectivity index (χ0v) is 11.2. The number of likely N-dealkylation sites (tertiary alicyclic amines) is 1. The van der Waals surface area contributed by atoms with Gasteiger partial charge in [0.05, 0.1) is 12.6 Å². The molecule has 1 aliphatic carbocycles. The number of amides is 1. The van der Waals surface area contributed by atoms with Gasteiger partial charge in [-0.05, 0) is 50.1 Å². The lowest BCUT2D eigenvalue weighted by Gasteiger charge is -2.28. The maximum Gasteiger partial charge on any atom is 0.226 e. The Hall–Kier alpha value is -0.610. The Morgan fingerprint density at radius 1 is 1.44 bits per heavy atom. The summed E-state index contributed by atoms with van der Waals surface area (Å²) in [5.74, 6) is 1.01. The van der Waals surface area contributed by atoms with Gasteiger partial charge in [0.25, 0.3) is 0 Å². The maximum absolute atomic E-state index is 12.6. The summed E-state index contributed by atoms with van der Waals surface area (Å²) in [6, 6.07) is 0.0665. The fourth-order valence-corrected chi connectivity index (χ4v) is 3.93. The van der Waals surface area contributed by atoms with Crippen LogP contribution < -0.4 is 5.32 Å². The third-order valence-electron chi connectivity index (χ3n) is 5.44. The molecule has 0 aromatic carbocycles. The van der Waals surface area contributed by atoms with E-state index in [4.69, 9.17) is 0 Å². The van der Waals surface area contributed by atoms with Crippen LogP contribution in [-0.2, 0) is 4.79 Å². The summed E-state index contributed by atoms with van der Waals surface area (Å²) in [6.45, 7) is 5.22. The maximum atomic E-state index is 12.6. The van der Waals surface area contributed by atoms with Crippen LogP contribution >= 0.6 is 0 Å². The van der Waals surface area contributed by atoms with Crippen LogP contribution in [0.5, 0.6) is 0 Å². The van der Waals surface area contributed by atoms with Crippen LogP contribution in [0.2, 0.25) is 0 Å². The number of piperidine rings is 1. The van der Waals surface area contributed by atoms with E-state index in [1.165, 1.54) is 0 Å². The molecule has 0 radical (unpaired) electrons. The molecule has 18 heavy (non-hydrogen) atoms. The molecule has 3 aliphatic rings. The van der Waals surface area contributed by atoms with Crippen molar-refractivity contribution in [1.82, 2.24) is 10.2 Å². The Kier molecular flexibility index (Phi) is 3.10. The van der Waals surface area contributed by atoms with Crippen molar-refractivity contribution in [2.24, 2.45) is 17.3 Å². The third kappa shape index (κ3) is 1.86. The SMILES string of the molecule is CC1CCN(C(=O)C2CC23CCNCC3)C1CO. The van der Waals surface area contributed by atoms with Gasteiger partial charge in [0, 0.05) is 12.5 Å². The molecule has 3 atom stereocenters. The fourth-order valence-electron chi connectivity index (χ4n) is 3.93. The molecule has 3 fully saturated rings. The van der Waals surface area contributed by atoms with E-state index in [9.17, 15) is 9.90 Å². The van der Waals surface area contributed by atoms with Crippen molar-refractivity contribution in [2.45, 2.75) is 38.6 Å². The summed E-state index contributed by atoms with van der Waals surface area (Å²) < 4.78 is 0. The number of carbonyl (C=O) groups excluding carboxylic acids is 1. The quantitative estimate of drug-likeness (QED) is 0.757. The molecular formula is C14H24N2O2. The van der Waals surface area contributed by atoms with E-state index < -0.39 is 0 Å². The van der Waals surface area contributed by atoms with Gasteiger partial charge in [-0.3, -0.25) is 4.79 Å². The summed E-state index contributed by atoms with van der Waals surface area (Å²) in [7, 11) is 0. The highest BCUT2D eigenvalue weighted by Crippen LogP contribution is 2.59. The predicted octanol–water partition coefficient (Wildman–Crippen LogP) is 0.605. The van der Waals surface area contributed by atoms with E-state index in [1.807, 2.05) is 4.90 Å². The highest BCUT2D eigenvalue weighted by molar-refractivity contribution is 5.83. The van der Waals surface area contributed by atoms with Crippen molar-refractivity contribution in [2.75, 3.05) is 26.2 Å². The van der Waals surface area contributed by atoms with Crippen LogP contribution in [0.15, 0.2) is 0 Å². The molecule has 2 heterocycles. The van der Waals surface area contributed by atoms with Gasteiger partial charge >= 0.3 is 0 Å². The molecule has 2 aliphatic heterocycles. The second-order valence-electron chi connectivity index (χ2n) is 6.42. The van der Waals surface area contributed by atoms with Crippen molar-refractivity contribution in [3.63, 3.8) is 0 Å². The molecule has 3 rings (SSSR count). The van der Waals surface area contributed by atoms with Gasteiger partial charge in [0.15, 0.2) is 0 Å². The minimum atomic E-state index is 0.0665. The molecule has 2 N–H and O–H groups in total. The normalized spacial score (nSPS) is 38.1. The van der Waals surface area contributed by atoms with Crippen LogP contribution in [0, 0.1) is 17.3 Å². The van der Waals surface area contributed by atoms with Gasteiger partial charge < -0.3 is 15.3 Å². The lowest BCUT2D eigenvalue weighted by Crippen LogP contribution is -2.42. The molecule has 1 amide bonds. The van der Waals surface area contributed by atoms with Crippen LogP contribution in [0.3, 0.4) is 0 Å². The second kappa shape index (κ2) is 4.49. The van der Waals surface area contributed by atoms with Gasteiger partial charge in [-0.25, -0.2) is 0 Å². The van der Waals surface area contributed by atoms with Crippen molar-refractivity contribution in [3.05, 3.63) is 0 Å². The first-order valence-corrected chi connectivity index (χ1v) is 7.30. The minimum absolute atomic E-state index is 0.0665. The van der Waals surface area contributed by atoms with Gasteiger partial charge in [0.1, 0.15) is 0 Å². The zero-order valence-electron chi connectivity index (χ0n) is 11.2. The number of nitrogens with one attached hydrogen (secondary N) is 1. The molecule has 0 bridgehead atoms. The van der Waals surface area contributed by atoms with Gasteiger partial charge in [-0.15, -0.1) is 0 Å². The van der Waals surface area contributed by atoms with Gasteiger partial charge in [-0.2, -0.15) is 0 Å². The lowest BCUT2D eigenvalue weighted by atomic mass is 9.91. The molecule has 102 valence electrons. The highest BCUT2D eigenvalue weighted by atomic mass is 16.3. The molecule has 2 saturated heterocycles. The molecule has 4 nitrogen and oxygen atoms in total. The third-order valence-corrected chi connectivity index (χ3v) is 5.44. The topological polar surface area (TPSA) is 52.6 Å². The Morgan fingerprint density at radius 2 is 2.17 bits per heavy atom. The fraction of sp³-hybridized carbons (Fsp3) is 0.929. The molecule has 1 saturated carbocycles. The number of aliphatic hydroxyl groups is 1.